The number of hydrogen-bond donors (Lipinski definition) is 1. The number of hydrogen-bond acceptors (Lipinski definition) is 5. The maximum atomic E-state index is 12.7. The maximum absolute atomic E-state index is 12.7. The van der Waals surface area contributed by atoms with Crippen molar-refractivity contribution in [3.05, 3.63) is 17.7 Å². The van der Waals surface area contributed by atoms with Crippen LogP contribution in [0.15, 0.2) is 12.1 Å². The lowest BCUT2D eigenvalue weighted by molar-refractivity contribution is 0.0736. The molecule has 0 fully saturated rings. The standard InChI is InChI=1S/C16H26N2O4/c1-16(2,9-17)10-18(3)15(19)11-7-13(21-5)14(22-6)8-12(11)20-4/h7-8H,9-10,17H2,1-6H3. The number of carbonyl (C=O) groups excluding carboxylic acids is 1. The van der Waals surface area contributed by atoms with Gasteiger partial charge >= 0.3 is 0 Å². The molecular weight excluding hydrogens is 284 g/mol. The number of carbonyl (C=O) groups is 1. The Balaban J connectivity index is 3.16. The van der Waals surface area contributed by atoms with Crippen molar-refractivity contribution in [2.45, 2.75) is 13.8 Å². The number of nitrogens with zero attached hydrogens (tertiary/aromatic N) is 1. The van der Waals surface area contributed by atoms with Crippen LogP contribution in [0, 0.1) is 5.41 Å². The van der Waals surface area contributed by atoms with Gasteiger partial charge in [0.2, 0.25) is 0 Å². The van der Waals surface area contributed by atoms with Crippen LogP contribution < -0.4 is 19.9 Å². The summed E-state index contributed by atoms with van der Waals surface area (Å²) in [5, 5.41) is 0. The first-order chi connectivity index (χ1) is 10.3. The number of benzene rings is 1. The molecule has 6 nitrogen and oxygen atoms in total. The minimum atomic E-state index is -0.159. The van der Waals surface area contributed by atoms with Crippen LogP contribution in [0.2, 0.25) is 0 Å². The third-order valence-corrected chi connectivity index (χ3v) is 3.50. The van der Waals surface area contributed by atoms with E-state index in [-0.39, 0.29) is 11.3 Å². The summed E-state index contributed by atoms with van der Waals surface area (Å²) in [5.41, 5.74) is 6.00. The smallest absolute Gasteiger partial charge is 0.257 e. The van der Waals surface area contributed by atoms with Crippen molar-refractivity contribution in [3.8, 4) is 17.2 Å². The molecule has 0 atom stereocenters. The SMILES string of the molecule is COc1cc(OC)c(C(=O)N(C)CC(C)(C)CN)cc1OC. The number of methoxy groups -OCH3 is 3. The maximum Gasteiger partial charge on any atom is 0.257 e. The molecule has 0 radical (unpaired) electrons. The molecule has 0 spiro atoms. The molecule has 0 aromatic heterocycles. The molecule has 1 rings (SSSR count). The van der Waals surface area contributed by atoms with E-state index in [9.17, 15) is 4.79 Å². The number of amides is 1. The third-order valence-electron chi connectivity index (χ3n) is 3.50. The summed E-state index contributed by atoms with van der Waals surface area (Å²) < 4.78 is 15.8. The van der Waals surface area contributed by atoms with Crippen LogP contribution in [-0.2, 0) is 0 Å². The normalized spacial score (nSPS) is 11.0. The molecular formula is C16H26N2O4. The molecule has 0 unspecified atom stereocenters. The third kappa shape index (κ3) is 4.04. The van der Waals surface area contributed by atoms with E-state index in [1.165, 1.54) is 21.3 Å². The van der Waals surface area contributed by atoms with Gasteiger partial charge in [0, 0.05) is 25.7 Å². The van der Waals surface area contributed by atoms with Gasteiger partial charge in [-0.1, -0.05) is 13.8 Å². The molecule has 1 aromatic carbocycles. The van der Waals surface area contributed by atoms with Gasteiger partial charge in [-0.25, -0.2) is 0 Å². The Morgan fingerprint density at radius 3 is 2.05 bits per heavy atom. The molecule has 0 bridgehead atoms. The number of rotatable bonds is 7. The van der Waals surface area contributed by atoms with Gasteiger partial charge < -0.3 is 24.8 Å². The van der Waals surface area contributed by atoms with Crippen molar-refractivity contribution < 1.29 is 19.0 Å². The lowest BCUT2D eigenvalue weighted by Crippen LogP contribution is -2.39. The van der Waals surface area contributed by atoms with E-state index < -0.39 is 0 Å². The van der Waals surface area contributed by atoms with Crippen LogP contribution in [0.3, 0.4) is 0 Å². The van der Waals surface area contributed by atoms with E-state index in [1.807, 2.05) is 13.8 Å². The first-order valence-electron chi connectivity index (χ1n) is 7.05. The molecule has 0 heterocycles. The van der Waals surface area contributed by atoms with Crippen molar-refractivity contribution in [1.29, 1.82) is 0 Å². The van der Waals surface area contributed by atoms with E-state index in [0.29, 0.717) is 35.9 Å². The lowest BCUT2D eigenvalue weighted by atomic mass is 9.93. The highest BCUT2D eigenvalue weighted by Crippen LogP contribution is 2.35. The van der Waals surface area contributed by atoms with E-state index in [1.54, 1.807) is 24.1 Å². The van der Waals surface area contributed by atoms with Crippen molar-refractivity contribution in [3.63, 3.8) is 0 Å². The Labute approximate surface area is 132 Å². The minimum Gasteiger partial charge on any atom is -0.496 e. The Kier molecular flexibility index (Phi) is 6.05. The Morgan fingerprint density at radius 1 is 1.09 bits per heavy atom. The monoisotopic (exact) mass is 310 g/mol. The number of nitrogens with two attached hydrogens (primary N) is 1. The predicted molar refractivity (Wildman–Crippen MR) is 85.9 cm³/mol. The van der Waals surface area contributed by atoms with Gasteiger partial charge in [0.1, 0.15) is 5.75 Å². The highest BCUT2D eigenvalue weighted by molar-refractivity contribution is 5.97. The summed E-state index contributed by atoms with van der Waals surface area (Å²) in [6, 6.07) is 3.28. The zero-order valence-corrected chi connectivity index (χ0v) is 14.2. The van der Waals surface area contributed by atoms with E-state index in [0.717, 1.165) is 0 Å². The van der Waals surface area contributed by atoms with Crippen LogP contribution in [0.25, 0.3) is 0 Å². The van der Waals surface area contributed by atoms with E-state index >= 15 is 0 Å². The molecule has 0 aliphatic heterocycles. The highest BCUT2D eigenvalue weighted by Gasteiger charge is 2.25. The van der Waals surface area contributed by atoms with Gasteiger partial charge in [0.25, 0.3) is 5.91 Å². The molecule has 22 heavy (non-hydrogen) atoms. The topological polar surface area (TPSA) is 74.0 Å². The summed E-state index contributed by atoms with van der Waals surface area (Å²) in [7, 11) is 6.33. The Bertz CT molecular complexity index is 529. The van der Waals surface area contributed by atoms with Crippen molar-refractivity contribution in [2.24, 2.45) is 11.1 Å². The second-order valence-corrected chi connectivity index (χ2v) is 5.94. The Morgan fingerprint density at radius 2 is 1.59 bits per heavy atom. The summed E-state index contributed by atoms with van der Waals surface area (Å²) >= 11 is 0. The van der Waals surface area contributed by atoms with Crippen LogP contribution in [-0.4, -0.2) is 52.3 Å². The predicted octanol–water partition coefficient (Wildman–Crippen LogP) is 1.77. The fraction of sp³-hybridized carbons (Fsp3) is 0.562. The molecule has 6 heteroatoms. The largest absolute Gasteiger partial charge is 0.496 e. The average Bonchev–Trinajstić information content (AvgIpc) is 2.52. The van der Waals surface area contributed by atoms with Gasteiger partial charge in [0.05, 0.1) is 26.9 Å². The zero-order valence-electron chi connectivity index (χ0n) is 14.2. The lowest BCUT2D eigenvalue weighted by Gasteiger charge is -2.29. The fourth-order valence-electron chi connectivity index (χ4n) is 2.18. The van der Waals surface area contributed by atoms with Crippen LogP contribution in [0.4, 0.5) is 0 Å². The van der Waals surface area contributed by atoms with Crippen LogP contribution in [0.1, 0.15) is 24.2 Å². The summed E-state index contributed by atoms with van der Waals surface area (Å²) in [4.78, 5) is 14.3. The molecule has 2 N–H and O–H groups in total. The molecule has 1 amide bonds. The molecule has 0 saturated carbocycles. The van der Waals surface area contributed by atoms with Crippen molar-refractivity contribution in [1.82, 2.24) is 4.90 Å². The average molecular weight is 310 g/mol. The summed E-state index contributed by atoms with van der Waals surface area (Å²) in [6.45, 7) is 5.07. The van der Waals surface area contributed by atoms with Gasteiger partial charge in [-0.15, -0.1) is 0 Å². The molecule has 124 valence electrons. The molecule has 1 aromatic rings. The fourth-order valence-corrected chi connectivity index (χ4v) is 2.18. The van der Waals surface area contributed by atoms with Crippen LogP contribution in [0.5, 0.6) is 17.2 Å². The second kappa shape index (κ2) is 7.35. The minimum absolute atomic E-state index is 0.153. The van der Waals surface area contributed by atoms with E-state index in [2.05, 4.69) is 0 Å². The molecule has 0 saturated heterocycles. The summed E-state index contributed by atoms with van der Waals surface area (Å²) in [5.74, 6) is 1.29. The highest BCUT2D eigenvalue weighted by atomic mass is 16.5. The van der Waals surface area contributed by atoms with Crippen molar-refractivity contribution >= 4 is 5.91 Å². The van der Waals surface area contributed by atoms with E-state index in [4.69, 9.17) is 19.9 Å². The first kappa shape index (κ1) is 18.1. The van der Waals surface area contributed by atoms with Gasteiger partial charge in [-0.2, -0.15) is 0 Å². The first-order valence-corrected chi connectivity index (χ1v) is 7.05. The quantitative estimate of drug-likeness (QED) is 0.831. The zero-order chi connectivity index (χ0) is 16.9. The molecule has 0 aliphatic rings. The van der Waals surface area contributed by atoms with Gasteiger partial charge in [-0.3, -0.25) is 4.79 Å². The summed E-state index contributed by atoms with van der Waals surface area (Å²) in [6.07, 6.45) is 0. The second-order valence-electron chi connectivity index (χ2n) is 5.94. The van der Waals surface area contributed by atoms with Gasteiger partial charge in [0.15, 0.2) is 11.5 Å². The van der Waals surface area contributed by atoms with Crippen molar-refractivity contribution in [2.75, 3.05) is 41.5 Å². The van der Waals surface area contributed by atoms with Gasteiger partial charge in [-0.05, 0) is 12.0 Å². The van der Waals surface area contributed by atoms with Crippen LogP contribution >= 0.6 is 0 Å². The molecule has 0 aliphatic carbocycles. The number of ether oxygens (including phenoxy) is 3. The Hall–Kier alpha value is -1.95.